The van der Waals surface area contributed by atoms with E-state index in [9.17, 15) is 9.59 Å². The van der Waals surface area contributed by atoms with Gasteiger partial charge in [-0.25, -0.2) is 0 Å². The summed E-state index contributed by atoms with van der Waals surface area (Å²) >= 11 is 0. The summed E-state index contributed by atoms with van der Waals surface area (Å²) in [5.41, 5.74) is 0. The summed E-state index contributed by atoms with van der Waals surface area (Å²) in [6.07, 6.45) is 4.10. The molecule has 5 nitrogen and oxygen atoms in total. The number of carbonyl (C=O) groups is 5. The van der Waals surface area contributed by atoms with Gasteiger partial charge in [0, 0.05) is 6.42 Å². The zero-order valence-electron chi connectivity index (χ0n) is 11.0. The summed E-state index contributed by atoms with van der Waals surface area (Å²) in [5.74, 6) is 0.167. The van der Waals surface area contributed by atoms with Crippen molar-refractivity contribution < 1.29 is 24.0 Å². The van der Waals surface area contributed by atoms with Crippen LogP contribution in [-0.2, 0) is 24.0 Å². The Hall–Kier alpha value is -1.91. The number of allylic oxidation sites excluding steroid dienone is 1. The van der Waals surface area contributed by atoms with Gasteiger partial charge in [-0.1, -0.05) is 13.5 Å². The van der Waals surface area contributed by atoms with Gasteiger partial charge in [-0.15, -0.1) is 0 Å². The Labute approximate surface area is 103 Å². The van der Waals surface area contributed by atoms with Crippen molar-refractivity contribution in [2.75, 3.05) is 0 Å². The van der Waals surface area contributed by atoms with E-state index < -0.39 is 0 Å². The fourth-order valence-electron chi connectivity index (χ4n) is 0. The molecule has 100 valence electrons. The van der Waals surface area contributed by atoms with Crippen LogP contribution in [0.25, 0.3) is 0 Å². The van der Waals surface area contributed by atoms with E-state index in [0.29, 0.717) is 12.7 Å². The molecule has 0 aromatic carbocycles. The molecular formula is C12H22O5. The highest BCUT2D eigenvalue weighted by Crippen LogP contribution is 1.53. The molecular weight excluding hydrogens is 224 g/mol. The molecule has 0 radical (unpaired) electrons. The molecule has 0 rings (SSSR count). The average molecular weight is 246 g/mol. The van der Waals surface area contributed by atoms with Crippen LogP contribution < -0.4 is 0 Å². The van der Waals surface area contributed by atoms with E-state index in [1.807, 2.05) is 13.7 Å². The fourth-order valence-corrected chi connectivity index (χ4v) is 0. The van der Waals surface area contributed by atoms with Crippen molar-refractivity contribution in [3.63, 3.8) is 0 Å². The zero-order valence-corrected chi connectivity index (χ0v) is 11.0. The zero-order chi connectivity index (χ0) is 15.1. The molecule has 0 bridgehead atoms. The van der Waals surface area contributed by atoms with Gasteiger partial charge in [0.15, 0.2) is 0 Å². The maximum absolute atomic E-state index is 9.44. The van der Waals surface area contributed by atoms with E-state index in [1.165, 1.54) is 26.8 Å². The predicted octanol–water partition coefficient (Wildman–Crippen LogP) is 1.58. The van der Waals surface area contributed by atoms with Crippen molar-refractivity contribution in [3.05, 3.63) is 12.7 Å². The van der Waals surface area contributed by atoms with E-state index in [4.69, 9.17) is 14.4 Å². The molecule has 0 spiro atoms. The molecule has 0 saturated carbocycles. The van der Waals surface area contributed by atoms with Crippen LogP contribution >= 0.6 is 0 Å². The van der Waals surface area contributed by atoms with Crippen molar-refractivity contribution in [3.8, 4) is 0 Å². The van der Waals surface area contributed by atoms with Gasteiger partial charge in [0.05, 0.1) is 0 Å². The van der Waals surface area contributed by atoms with Crippen LogP contribution in [-0.4, -0.2) is 31.4 Å². The minimum atomic E-state index is 0.167. The molecule has 0 saturated heterocycles. The SMILES string of the molecule is C=CC=O.C=O.CC(C)=O.CC=O.CCC=O. The number of ketones is 1. The Balaban J connectivity index is -0.0000000361. The Morgan fingerprint density at radius 3 is 1.24 bits per heavy atom. The van der Waals surface area contributed by atoms with Gasteiger partial charge in [-0.2, -0.15) is 0 Å². The molecule has 0 unspecified atom stereocenters. The average Bonchev–Trinajstić information content (AvgIpc) is 2.32. The number of rotatable bonds is 2. The molecule has 0 aromatic heterocycles. The minimum absolute atomic E-state index is 0.167. The molecule has 5 heteroatoms. The third kappa shape index (κ3) is 254000. The lowest BCUT2D eigenvalue weighted by Crippen LogP contribution is -1.69. The molecule has 0 aliphatic carbocycles. The summed E-state index contributed by atoms with van der Waals surface area (Å²) in [5, 5.41) is 0. The lowest BCUT2D eigenvalue weighted by Gasteiger charge is -1.56. The van der Waals surface area contributed by atoms with Gasteiger partial charge in [-0.05, 0) is 26.8 Å². The van der Waals surface area contributed by atoms with Crippen molar-refractivity contribution >= 4 is 31.4 Å². The quantitative estimate of drug-likeness (QED) is 0.545. The Kier molecular flexibility index (Phi) is 113. The molecule has 0 atom stereocenters. The van der Waals surface area contributed by atoms with Crippen LogP contribution in [0, 0.1) is 0 Å². The van der Waals surface area contributed by atoms with Gasteiger partial charge in [0.25, 0.3) is 0 Å². The fraction of sp³-hybridized carbons (Fsp3) is 0.417. The third-order valence-electron chi connectivity index (χ3n) is 0.263. The van der Waals surface area contributed by atoms with Gasteiger partial charge >= 0.3 is 0 Å². The molecule has 0 aromatic rings. The van der Waals surface area contributed by atoms with E-state index in [0.717, 1.165) is 12.6 Å². The number of aldehydes is 3. The maximum Gasteiger partial charge on any atom is 0.142 e. The topological polar surface area (TPSA) is 85.3 Å². The summed E-state index contributed by atoms with van der Waals surface area (Å²) in [6.45, 7) is 11.4. The van der Waals surface area contributed by atoms with Crippen LogP contribution in [0.5, 0.6) is 0 Å². The number of hydrogen-bond donors (Lipinski definition) is 0. The van der Waals surface area contributed by atoms with Gasteiger partial charge in [0.1, 0.15) is 31.4 Å². The highest BCUT2D eigenvalue weighted by atomic mass is 16.1. The summed E-state index contributed by atoms with van der Waals surface area (Å²) in [6, 6.07) is 0. The second kappa shape index (κ2) is 65.1. The van der Waals surface area contributed by atoms with Crippen molar-refractivity contribution in [1.82, 2.24) is 0 Å². The molecule has 0 aliphatic rings. The van der Waals surface area contributed by atoms with Crippen LogP contribution in [0.3, 0.4) is 0 Å². The Bertz CT molecular complexity index is 166. The minimum Gasteiger partial charge on any atom is -0.307 e. The molecule has 0 aliphatic heterocycles. The second-order valence-electron chi connectivity index (χ2n) is 2.09. The van der Waals surface area contributed by atoms with E-state index in [1.54, 1.807) is 0 Å². The summed E-state index contributed by atoms with van der Waals surface area (Å²) < 4.78 is 0. The normalized spacial score (nSPS) is 5.18. The first kappa shape index (κ1) is 29.4. The monoisotopic (exact) mass is 246 g/mol. The second-order valence-corrected chi connectivity index (χ2v) is 2.09. The van der Waals surface area contributed by atoms with E-state index >= 15 is 0 Å². The van der Waals surface area contributed by atoms with Crippen LogP contribution in [0.2, 0.25) is 0 Å². The van der Waals surface area contributed by atoms with Crippen LogP contribution in [0.15, 0.2) is 12.7 Å². The highest BCUT2D eigenvalue weighted by molar-refractivity contribution is 5.72. The van der Waals surface area contributed by atoms with Gasteiger partial charge < -0.3 is 19.2 Å². The van der Waals surface area contributed by atoms with E-state index in [2.05, 4.69) is 6.58 Å². The van der Waals surface area contributed by atoms with Crippen LogP contribution in [0.1, 0.15) is 34.1 Å². The smallest absolute Gasteiger partial charge is 0.142 e. The van der Waals surface area contributed by atoms with Gasteiger partial charge in [0.2, 0.25) is 0 Å². The first-order chi connectivity index (χ1) is 7.97. The first-order valence-electron chi connectivity index (χ1n) is 4.63. The largest absolute Gasteiger partial charge is 0.307 e. The predicted molar refractivity (Wildman–Crippen MR) is 67.8 cm³/mol. The number of Topliss-reactive ketones (excluding diaryl/α,β-unsaturated/α-hetero) is 1. The lowest BCUT2D eigenvalue weighted by atomic mass is 10.6. The lowest BCUT2D eigenvalue weighted by molar-refractivity contribution is -0.115. The van der Waals surface area contributed by atoms with Gasteiger partial charge in [-0.3, -0.25) is 4.79 Å². The Morgan fingerprint density at radius 2 is 1.24 bits per heavy atom. The third-order valence-corrected chi connectivity index (χ3v) is 0.263. The first-order valence-corrected chi connectivity index (χ1v) is 4.63. The van der Waals surface area contributed by atoms with E-state index in [-0.39, 0.29) is 5.78 Å². The number of carbonyl (C=O) groups excluding carboxylic acids is 5. The standard InChI is InChI=1S/2C3H6O.C3H4O.C2H4O.CH2O/c1-3(2)4;2*1-2-3-4;1-2-3;1-2/h1-2H3;3H,2H2,1H3;2-3H,1H2;2H,1H3;1H2. The summed E-state index contributed by atoms with van der Waals surface area (Å²) in [7, 11) is 0. The highest BCUT2D eigenvalue weighted by Gasteiger charge is 1.62. The number of hydrogen-bond acceptors (Lipinski definition) is 5. The van der Waals surface area contributed by atoms with Crippen molar-refractivity contribution in [1.29, 1.82) is 0 Å². The molecule has 0 heterocycles. The maximum atomic E-state index is 9.44. The van der Waals surface area contributed by atoms with Crippen molar-refractivity contribution in [2.45, 2.75) is 34.1 Å². The summed E-state index contributed by atoms with van der Waals surface area (Å²) in [4.78, 5) is 44.5. The molecule has 0 fully saturated rings. The van der Waals surface area contributed by atoms with Crippen LogP contribution in [0.4, 0.5) is 0 Å². The molecule has 17 heavy (non-hydrogen) atoms. The Morgan fingerprint density at radius 1 is 1.12 bits per heavy atom. The molecule has 0 N–H and O–H groups in total. The van der Waals surface area contributed by atoms with Crippen molar-refractivity contribution in [2.24, 2.45) is 0 Å². The molecule has 0 amide bonds.